The zero-order valence-corrected chi connectivity index (χ0v) is 13.7. The molecule has 3 rings (SSSR count). The molecule has 6 nitrogen and oxygen atoms in total. The number of benzene rings is 1. The number of rotatable bonds is 6. The molecule has 1 amide bonds. The van der Waals surface area contributed by atoms with E-state index in [0.717, 1.165) is 12.1 Å². The van der Waals surface area contributed by atoms with Crippen molar-refractivity contribution in [2.24, 2.45) is 0 Å². The third kappa shape index (κ3) is 3.63. The van der Waals surface area contributed by atoms with Crippen LogP contribution in [0.4, 0.5) is 4.39 Å². The summed E-state index contributed by atoms with van der Waals surface area (Å²) in [5.74, 6) is -0.850. The first-order chi connectivity index (χ1) is 12.0. The van der Waals surface area contributed by atoms with Gasteiger partial charge in [0.05, 0.1) is 17.4 Å². The van der Waals surface area contributed by atoms with Gasteiger partial charge in [-0.05, 0) is 48.5 Å². The van der Waals surface area contributed by atoms with Crippen molar-refractivity contribution in [3.05, 3.63) is 78.4 Å². The standard InChI is InChI=1S/C17H14FNO5S/c18-12-5-7-13(8-6-12)25(21,22)16(14-3-1-9-23-14)11-19-17(20)15-4-2-10-24-15/h1-10,16H,11H2,(H,19,20)/t16-/m1/s1. The van der Waals surface area contributed by atoms with Crippen molar-refractivity contribution in [2.45, 2.75) is 10.1 Å². The van der Waals surface area contributed by atoms with E-state index in [1.807, 2.05) is 0 Å². The highest BCUT2D eigenvalue weighted by atomic mass is 32.2. The molecule has 0 aliphatic heterocycles. The Balaban J connectivity index is 1.87. The van der Waals surface area contributed by atoms with E-state index in [1.54, 1.807) is 12.1 Å². The Hall–Kier alpha value is -2.87. The number of hydrogen-bond donors (Lipinski definition) is 1. The molecule has 1 N–H and O–H groups in total. The largest absolute Gasteiger partial charge is 0.468 e. The second-order valence-electron chi connectivity index (χ2n) is 5.19. The van der Waals surface area contributed by atoms with Crippen LogP contribution < -0.4 is 5.32 Å². The predicted molar refractivity (Wildman–Crippen MR) is 86.1 cm³/mol. The number of furan rings is 2. The predicted octanol–water partition coefficient (Wildman–Crippen LogP) is 2.96. The average Bonchev–Trinajstić information content (AvgIpc) is 3.29. The fraction of sp³-hybridized carbons (Fsp3) is 0.118. The number of halogens is 1. The summed E-state index contributed by atoms with van der Waals surface area (Å²) in [6, 6.07) is 10.5. The molecule has 3 aromatic rings. The van der Waals surface area contributed by atoms with Gasteiger partial charge in [0.2, 0.25) is 0 Å². The van der Waals surface area contributed by atoms with Gasteiger partial charge >= 0.3 is 0 Å². The maximum atomic E-state index is 13.1. The van der Waals surface area contributed by atoms with Crippen molar-refractivity contribution in [2.75, 3.05) is 6.54 Å². The van der Waals surface area contributed by atoms with Crippen LogP contribution in [-0.4, -0.2) is 20.9 Å². The summed E-state index contributed by atoms with van der Waals surface area (Å²) in [6.07, 6.45) is 2.69. The average molecular weight is 363 g/mol. The molecule has 0 saturated carbocycles. The van der Waals surface area contributed by atoms with Crippen LogP contribution in [0.3, 0.4) is 0 Å². The van der Waals surface area contributed by atoms with Crippen molar-refractivity contribution in [3.63, 3.8) is 0 Å². The lowest BCUT2D eigenvalue weighted by Crippen LogP contribution is -2.31. The quantitative estimate of drug-likeness (QED) is 0.680. The van der Waals surface area contributed by atoms with Gasteiger partial charge in [0, 0.05) is 6.54 Å². The minimum absolute atomic E-state index is 0.0670. The van der Waals surface area contributed by atoms with Gasteiger partial charge in [0.25, 0.3) is 5.91 Å². The molecule has 1 atom stereocenters. The Kier molecular flexibility index (Phi) is 4.71. The van der Waals surface area contributed by atoms with E-state index in [2.05, 4.69) is 5.32 Å². The molecule has 0 fully saturated rings. The topological polar surface area (TPSA) is 89.5 Å². The molecule has 0 aliphatic carbocycles. The van der Waals surface area contributed by atoms with Gasteiger partial charge in [-0.25, -0.2) is 12.8 Å². The molecule has 0 radical (unpaired) electrons. The molecule has 8 heteroatoms. The molecular formula is C17H14FNO5S. The first-order valence-corrected chi connectivity index (χ1v) is 8.87. The maximum absolute atomic E-state index is 13.1. The first-order valence-electron chi connectivity index (χ1n) is 7.33. The maximum Gasteiger partial charge on any atom is 0.287 e. The van der Waals surface area contributed by atoms with Gasteiger partial charge in [-0.3, -0.25) is 4.79 Å². The Bertz CT molecular complexity index is 932. The molecule has 130 valence electrons. The van der Waals surface area contributed by atoms with Crippen LogP contribution in [0.1, 0.15) is 21.6 Å². The Morgan fingerprint density at radius 2 is 1.72 bits per heavy atom. The smallest absolute Gasteiger partial charge is 0.287 e. The second kappa shape index (κ2) is 6.94. The molecule has 0 aliphatic rings. The molecule has 1 aromatic carbocycles. The van der Waals surface area contributed by atoms with Gasteiger partial charge in [0.1, 0.15) is 16.8 Å². The first kappa shape index (κ1) is 17.0. The summed E-state index contributed by atoms with van der Waals surface area (Å²) in [4.78, 5) is 11.9. The van der Waals surface area contributed by atoms with Gasteiger partial charge in [-0.1, -0.05) is 0 Å². The van der Waals surface area contributed by atoms with E-state index in [9.17, 15) is 17.6 Å². The fourth-order valence-corrected chi connectivity index (χ4v) is 3.89. The van der Waals surface area contributed by atoms with Crippen LogP contribution in [0.5, 0.6) is 0 Å². The van der Waals surface area contributed by atoms with E-state index in [4.69, 9.17) is 8.83 Å². The summed E-state index contributed by atoms with van der Waals surface area (Å²) in [5, 5.41) is 1.35. The van der Waals surface area contributed by atoms with Crippen molar-refractivity contribution in [1.82, 2.24) is 5.32 Å². The fourth-order valence-electron chi connectivity index (χ4n) is 2.31. The molecule has 0 bridgehead atoms. The van der Waals surface area contributed by atoms with Gasteiger partial charge in [-0.15, -0.1) is 0 Å². The van der Waals surface area contributed by atoms with Gasteiger partial charge < -0.3 is 14.2 Å². The lowest BCUT2D eigenvalue weighted by Gasteiger charge is -2.16. The van der Waals surface area contributed by atoms with Crippen molar-refractivity contribution < 1.29 is 26.4 Å². The normalized spacial score (nSPS) is 12.7. The zero-order valence-electron chi connectivity index (χ0n) is 12.9. The molecule has 0 saturated heterocycles. The van der Waals surface area contributed by atoms with Crippen LogP contribution >= 0.6 is 0 Å². The summed E-state index contributed by atoms with van der Waals surface area (Å²) in [7, 11) is -3.91. The molecule has 0 unspecified atom stereocenters. The summed E-state index contributed by atoms with van der Waals surface area (Å²) in [5.41, 5.74) is 0. The number of hydrogen-bond acceptors (Lipinski definition) is 5. The SMILES string of the molecule is O=C(NC[C@H](c1ccco1)S(=O)(=O)c1ccc(F)cc1)c1ccco1. The van der Waals surface area contributed by atoms with Crippen molar-refractivity contribution in [1.29, 1.82) is 0 Å². The molecule has 0 spiro atoms. The Morgan fingerprint density at radius 3 is 2.32 bits per heavy atom. The number of carbonyl (C=O) groups is 1. The highest BCUT2D eigenvalue weighted by Gasteiger charge is 2.32. The van der Waals surface area contributed by atoms with E-state index >= 15 is 0 Å². The highest BCUT2D eigenvalue weighted by Crippen LogP contribution is 2.29. The van der Waals surface area contributed by atoms with Crippen LogP contribution in [0, 0.1) is 5.82 Å². The Labute approximate surface area is 143 Å². The molecule has 25 heavy (non-hydrogen) atoms. The number of nitrogens with one attached hydrogen (secondary N) is 1. The van der Waals surface area contributed by atoms with Crippen LogP contribution in [0.15, 0.2) is 74.8 Å². The van der Waals surface area contributed by atoms with E-state index in [0.29, 0.717) is 0 Å². The van der Waals surface area contributed by atoms with Gasteiger partial charge in [0.15, 0.2) is 15.6 Å². The van der Waals surface area contributed by atoms with Crippen molar-refractivity contribution >= 4 is 15.7 Å². The molecule has 2 heterocycles. The number of sulfone groups is 1. The Morgan fingerprint density at radius 1 is 1.04 bits per heavy atom. The molecule has 2 aromatic heterocycles. The minimum atomic E-state index is -3.91. The van der Waals surface area contributed by atoms with E-state index < -0.39 is 26.8 Å². The third-order valence-electron chi connectivity index (χ3n) is 3.57. The number of carbonyl (C=O) groups excluding carboxylic acids is 1. The van der Waals surface area contributed by atoms with Crippen LogP contribution in [0.2, 0.25) is 0 Å². The summed E-state index contributed by atoms with van der Waals surface area (Å²) < 4.78 is 49.0. The lowest BCUT2D eigenvalue weighted by atomic mass is 10.3. The highest BCUT2D eigenvalue weighted by molar-refractivity contribution is 7.91. The second-order valence-corrected chi connectivity index (χ2v) is 7.32. The molecular weight excluding hydrogens is 349 g/mol. The summed E-state index contributed by atoms with van der Waals surface area (Å²) >= 11 is 0. The van der Waals surface area contributed by atoms with Crippen LogP contribution in [-0.2, 0) is 9.84 Å². The number of amides is 1. The van der Waals surface area contributed by atoms with E-state index in [-0.39, 0.29) is 23.0 Å². The minimum Gasteiger partial charge on any atom is -0.468 e. The lowest BCUT2D eigenvalue weighted by molar-refractivity contribution is 0.0925. The third-order valence-corrected chi connectivity index (χ3v) is 5.65. The van der Waals surface area contributed by atoms with Crippen LogP contribution in [0.25, 0.3) is 0 Å². The monoisotopic (exact) mass is 363 g/mol. The van der Waals surface area contributed by atoms with Crippen molar-refractivity contribution in [3.8, 4) is 0 Å². The summed E-state index contributed by atoms with van der Waals surface area (Å²) in [6.45, 7) is -0.229. The van der Waals surface area contributed by atoms with Gasteiger partial charge in [-0.2, -0.15) is 0 Å². The van der Waals surface area contributed by atoms with E-state index in [1.165, 1.54) is 36.8 Å². The zero-order chi connectivity index (χ0) is 17.9.